The largest absolute Gasteiger partial charge is 0.497 e. The third kappa shape index (κ3) is 2.93. The number of aromatic nitrogens is 1. The van der Waals surface area contributed by atoms with Gasteiger partial charge in [-0.2, -0.15) is 0 Å². The number of hydrogen-bond donors (Lipinski definition) is 0. The quantitative estimate of drug-likeness (QED) is 0.747. The summed E-state index contributed by atoms with van der Waals surface area (Å²) in [6, 6.07) is 5.89. The van der Waals surface area contributed by atoms with Gasteiger partial charge in [-0.3, -0.25) is 4.90 Å². The average molecular weight is 384 g/mol. The van der Waals surface area contributed by atoms with Crippen LogP contribution in [0.15, 0.2) is 28.9 Å². The highest BCUT2D eigenvalue weighted by molar-refractivity contribution is 9.10. The molecule has 0 radical (unpaired) electrons. The van der Waals surface area contributed by atoms with Crippen LogP contribution in [0.4, 0.5) is 0 Å². The Labute approximate surface area is 143 Å². The summed E-state index contributed by atoms with van der Waals surface area (Å²) in [7, 11) is 3.33. The summed E-state index contributed by atoms with van der Waals surface area (Å²) in [5, 5.41) is 0.586. The maximum absolute atomic E-state index is 6.21. The second-order valence-corrected chi connectivity index (χ2v) is 6.39. The maximum Gasteiger partial charge on any atom is 0.133 e. The minimum atomic E-state index is 0.586. The van der Waals surface area contributed by atoms with Gasteiger partial charge in [0.15, 0.2) is 0 Å². The van der Waals surface area contributed by atoms with E-state index in [9.17, 15) is 0 Å². The minimum Gasteiger partial charge on any atom is -0.497 e. The highest BCUT2D eigenvalue weighted by Crippen LogP contribution is 2.35. The summed E-state index contributed by atoms with van der Waals surface area (Å²) >= 11 is 9.76. The number of methoxy groups -OCH3 is 2. The molecule has 1 aromatic heterocycles. The molecule has 0 spiro atoms. The van der Waals surface area contributed by atoms with Crippen molar-refractivity contribution in [1.82, 2.24) is 9.88 Å². The molecule has 22 heavy (non-hydrogen) atoms. The summed E-state index contributed by atoms with van der Waals surface area (Å²) in [5.41, 5.74) is 3.44. The molecule has 1 aliphatic rings. The smallest absolute Gasteiger partial charge is 0.133 e. The molecule has 0 saturated carbocycles. The predicted octanol–water partition coefficient (Wildman–Crippen LogP) is 4.03. The van der Waals surface area contributed by atoms with Crippen molar-refractivity contribution < 1.29 is 9.47 Å². The predicted molar refractivity (Wildman–Crippen MR) is 89.4 cm³/mol. The molecule has 6 heteroatoms. The van der Waals surface area contributed by atoms with Crippen LogP contribution in [0, 0.1) is 0 Å². The molecular weight excluding hydrogens is 368 g/mol. The van der Waals surface area contributed by atoms with Gasteiger partial charge in [0.1, 0.15) is 16.7 Å². The number of pyridine rings is 1. The number of benzene rings is 1. The Morgan fingerprint density at radius 3 is 2.68 bits per heavy atom. The first-order chi connectivity index (χ1) is 10.6. The van der Waals surface area contributed by atoms with Gasteiger partial charge in [-0.1, -0.05) is 17.7 Å². The van der Waals surface area contributed by atoms with E-state index in [-0.39, 0.29) is 0 Å². The van der Waals surface area contributed by atoms with Crippen molar-refractivity contribution >= 4 is 27.5 Å². The number of hydrogen-bond acceptors (Lipinski definition) is 4. The third-order valence-corrected chi connectivity index (χ3v) is 4.85. The van der Waals surface area contributed by atoms with Crippen LogP contribution in [0.5, 0.6) is 11.5 Å². The van der Waals surface area contributed by atoms with Crippen LogP contribution in [0.3, 0.4) is 0 Å². The molecule has 0 bridgehead atoms. The number of halogens is 2. The molecule has 0 unspecified atom stereocenters. The molecule has 0 atom stereocenters. The van der Waals surface area contributed by atoms with Gasteiger partial charge in [-0.25, -0.2) is 4.98 Å². The molecule has 2 heterocycles. The first kappa shape index (κ1) is 15.6. The van der Waals surface area contributed by atoms with E-state index in [4.69, 9.17) is 21.1 Å². The lowest BCUT2D eigenvalue weighted by atomic mass is 10.2. The average Bonchev–Trinajstić information content (AvgIpc) is 2.96. The Kier molecular flexibility index (Phi) is 4.57. The first-order valence-corrected chi connectivity index (χ1v) is 8.04. The fraction of sp³-hybridized carbons (Fsp3) is 0.312. The highest BCUT2D eigenvalue weighted by Gasteiger charge is 2.25. The Bertz CT molecular complexity index is 678. The van der Waals surface area contributed by atoms with Crippen LogP contribution in [-0.2, 0) is 19.6 Å². The summed E-state index contributed by atoms with van der Waals surface area (Å²) in [6.07, 6.45) is 1.76. The Balaban J connectivity index is 1.82. The van der Waals surface area contributed by atoms with Crippen LogP contribution < -0.4 is 9.47 Å². The standard InChI is InChI=1S/C16H16BrClN2O2/c1-21-11-4-3-10(15(5-11)22-2)7-20-8-12-13(9-20)16(18)19-6-14(12)17/h3-6H,7-9H2,1-2H3. The SMILES string of the molecule is COc1ccc(CN2Cc3c(Br)cnc(Cl)c3C2)c(OC)c1. The van der Waals surface area contributed by atoms with Gasteiger partial charge in [0, 0.05) is 47.5 Å². The molecule has 0 saturated heterocycles. The van der Waals surface area contributed by atoms with Crippen molar-refractivity contribution in [3.8, 4) is 11.5 Å². The summed E-state index contributed by atoms with van der Waals surface area (Å²) in [6.45, 7) is 2.41. The molecular formula is C16H16BrClN2O2. The molecule has 2 aromatic rings. The summed E-state index contributed by atoms with van der Waals surface area (Å²) < 4.78 is 11.7. The van der Waals surface area contributed by atoms with E-state index < -0.39 is 0 Å². The number of rotatable bonds is 4. The zero-order valence-corrected chi connectivity index (χ0v) is 14.7. The van der Waals surface area contributed by atoms with E-state index in [1.807, 2.05) is 18.2 Å². The third-order valence-electron chi connectivity index (χ3n) is 3.84. The molecule has 0 aliphatic carbocycles. The number of ether oxygens (including phenoxy) is 2. The number of fused-ring (bicyclic) bond motifs is 1. The van der Waals surface area contributed by atoms with Gasteiger partial charge >= 0.3 is 0 Å². The zero-order chi connectivity index (χ0) is 15.7. The lowest BCUT2D eigenvalue weighted by Gasteiger charge is -2.17. The van der Waals surface area contributed by atoms with E-state index in [2.05, 4.69) is 25.8 Å². The van der Waals surface area contributed by atoms with Crippen molar-refractivity contribution in [2.45, 2.75) is 19.6 Å². The van der Waals surface area contributed by atoms with Crippen molar-refractivity contribution in [3.05, 3.63) is 50.7 Å². The molecule has 1 aromatic carbocycles. The lowest BCUT2D eigenvalue weighted by Crippen LogP contribution is -2.16. The molecule has 0 fully saturated rings. The second kappa shape index (κ2) is 6.44. The van der Waals surface area contributed by atoms with Gasteiger partial charge in [-0.15, -0.1) is 0 Å². The minimum absolute atomic E-state index is 0.586. The van der Waals surface area contributed by atoms with Crippen molar-refractivity contribution in [3.63, 3.8) is 0 Å². The van der Waals surface area contributed by atoms with Gasteiger partial charge in [0.05, 0.1) is 14.2 Å². The molecule has 1 aliphatic heterocycles. The first-order valence-electron chi connectivity index (χ1n) is 6.87. The molecule has 3 rings (SSSR count). The maximum atomic E-state index is 6.21. The van der Waals surface area contributed by atoms with Gasteiger partial charge in [-0.05, 0) is 27.6 Å². The van der Waals surface area contributed by atoms with E-state index in [1.165, 1.54) is 5.56 Å². The van der Waals surface area contributed by atoms with E-state index in [0.29, 0.717) is 5.15 Å². The normalized spacial score (nSPS) is 14.0. The van der Waals surface area contributed by atoms with E-state index in [0.717, 1.165) is 46.7 Å². The van der Waals surface area contributed by atoms with Gasteiger partial charge < -0.3 is 9.47 Å². The van der Waals surface area contributed by atoms with Crippen molar-refractivity contribution in [2.75, 3.05) is 14.2 Å². The Morgan fingerprint density at radius 2 is 2.00 bits per heavy atom. The van der Waals surface area contributed by atoms with Crippen LogP contribution in [0.25, 0.3) is 0 Å². The Morgan fingerprint density at radius 1 is 1.23 bits per heavy atom. The van der Waals surface area contributed by atoms with Crippen molar-refractivity contribution in [2.24, 2.45) is 0 Å². The van der Waals surface area contributed by atoms with E-state index >= 15 is 0 Å². The summed E-state index contributed by atoms with van der Waals surface area (Å²) in [4.78, 5) is 6.51. The number of nitrogens with zero attached hydrogens (tertiary/aromatic N) is 2. The van der Waals surface area contributed by atoms with Crippen molar-refractivity contribution in [1.29, 1.82) is 0 Å². The van der Waals surface area contributed by atoms with Crippen LogP contribution in [0.2, 0.25) is 5.15 Å². The molecule has 0 amide bonds. The Hall–Kier alpha value is -1.30. The van der Waals surface area contributed by atoms with Crippen LogP contribution in [0.1, 0.15) is 16.7 Å². The topological polar surface area (TPSA) is 34.6 Å². The highest BCUT2D eigenvalue weighted by atomic mass is 79.9. The second-order valence-electron chi connectivity index (χ2n) is 5.18. The summed E-state index contributed by atoms with van der Waals surface area (Å²) in [5.74, 6) is 1.62. The molecule has 0 N–H and O–H groups in total. The van der Waals surface area contributed by atoms with E-state index in [1.54, 1.807) is 20.4 Å². The molecule has 116 valence electrons. The van der Waals surface area contributed by atoms with Crippen LogP contribution >= 0.6 is 27.5 Å². The van der Waals surface area contributed by atoms with Gasteiger partial charge in [0.2, 0.25) is 0 Å². The fourth-order valence-electron chi connectivity index (χ4n) is 2.71. The zero-order valence-electron chi connectivity index (χ0n) is 12.4. The monoisotopic (exact) mass is 382 g/mol. The van der Waals surface area contributed by atoms with Gasteiger partial charge in [0.25, 0.3) is 0 Å². The molecule has 4 nitrogen and oxygen atoms in total. The van der Waals surface area contributed by atoms with Crippen LogP contribution in [-0.4, -0.2) is 24.1 Å². The fourth-order valence-corrected chi connectivity index (χ4v) is 3.40. The lowest BCUT2D eigenvalue weighted by molar-refractivity contribution is 0.269.